The number of rotatable bonds is 6. The van der Waals surface area contributed by atoms with Gasteiger partial charge in [0.05, 0.1) is 4.90 Å². The van der Waals surface area contributed by atoms with Crippen LogP contribution >= 0.6 is 15.9 Å². The van der Waals surface area contributed by atoms with Crippen LogP contribution in [0.15, 0.2) is 57.9 Å². The molecule has 0 unspecified atom stereocenters. The summed E-state index contributed by atoms with van der Waals surface area (Å²) in [6.45, 7) is 2.62. The van der Waals surface area contributed by atoms with E-state index in [2.05, 4.69) is 15.9 Å². The van der Waals surface area contributed by atoms with Gasteiger partial charge in [0.1, 0.15) is 0 Å². The third-order valence-corrected chi connectivity index (χ3v) is 7.70. The van der Waals surface area contributed by atoms with E-state index in [1.165, 1.54) is 23.4 Å². The number of aryl methyl sites for hydroxylation is 1. The summed E-state index contributed by atoms with van der Waals surface area (Å²) in [5.41, 5.74) is 1.44. The number of hydrogen-bond donors (Lipinski definition) is 0. The molecule has 2 aromatic carbocycles. The Bertz CT molecular complexity index is 1010. The normalized spacial score (nSPS) is 15.3. The molecule has 1 saturated heterocycles. The van der Waals surface area contributed by atoms with Gasteiger partial charge in [-0.15, -0.1) is 0 Å². The maximum Gasteiger partial charge on any atom is 0.243 e. The Balaban J connectivity index is 1.59. The Morgan fingerprint density at radius 3 is 2.34 bits per heavy atom. The number of nitrogens with zero attached hydrogens (tertiary/aromatic N) is 2. The number of piperazine rings is 1. The number of hydrogen-bond acceptors (Lipinski definition) is 4. The minimum Gasteiger partial charge on any atom is -0.340 e. The molecule has 8 heteroatoms. The largest absolute Gasteiger partial charge is 0.340 e. The van der Waals surface area contributed by atoms with Gasteiger partial charge >= 0.3 is 0 Å². The molecule has 1 fully saturated rings. The van der Waals surface area contributed by atoms with E-state index in [1.807, 2.05) is 24.3 Å². The van der Waals surface area contributed by atoms with Gasteiger partial charge in [-0.05, 0) is 37.1 Å². The molecule has 1 aliphatic heterocycles. The Morgan fingerprint density at radius 1 is 1.00 bits per heavy atom. The predicted octanol–water partition coefficient (Wildman–Crippen LogP) is 3.12. The highest BCUT2D eigenvalue weighted by atomic mass is 79.9. The number of Topliss-reactive ketones (excluding diaryl/α,β-unsaturated/α-hetero) is 1. The van der Waals surface area contributed by atoms with Crippen LogP contribution in [-0.2, 0) is 21.2 Å². The molecular weight excluding hydrogens is 456 g/mol. The van der Waals surface area contributed by atoms with Gasteiger partial charge in [0.2, 0.25) is 15.9 Å². The zero-order valence-electron chi connectivity index (χ0n) is 16.2. The lowest BCUT2D eigenvalue weighted by Gasteiger charge is -2.34. The third-order valence-electron chi connectivity index (χ3n) is 5.04. The third kappa shape index (κ3) is 5.12. The van der Waals surface area contributed by atoms with Crippen LogP contribution in [0.25, 0.3) is 0 Å². The summed E-state index contributed by atoms with van der Waals surface area (Å²) < 4.78 is 28.1. The molecule has 0 spiro atoms. The highest BCUT2D eigenvalue weighted by Crippen LogP contribution is 2.21. The molecule has 0 atom stereocenters. The second kappa shape index (κ2) is 9.19. The van der Waals surface area contributed by atoms with Gasteiger partial charge in [-0.2, -0.15) is 4.31 Å². The fraction of sp³-hybridized carbons (Fsp3) is 0.333. The maximum absolute atomic E-state index is 12.9. The van der Waals surface area contributed by atoms with Crippen molar-refractivity contribution in [3.05, 3.63) is 64.1 Å². The Hall–Kier alpha value is -2.03. The molecule has 154 valence electrons. The first-order valence-electron chi connectivity index (χ1n) is 9.41. The molecule has 0 N–H and O–H groups in total. The van der Waals surface area contributed by atoms with Gasteiger partial charge in [0.25, 0.3) is 0 Å². The number of ketones is 1. The van der Waals surface area contributed by atoms with Crippen LogP contribution in [0.2, 0.25) is 0 Å². The molecule has 6 nitrogen and oxygen atoms in total. The van der Waals surface area contributed by atoms with Crippen molar-refractivity contribution >= 4 is 37.6 Å². The van der Waals surface area contributed by atoms with Crippen molar-refractivity contribution in [3.8, 4) is 0 Å². The number of carbonyl (C=O) groups excluding carboxylic acids is 2. The smallest absolute Gasteiger partial charge is 0.243 e. The lowest BCUT2D eigenvalue weighted by molar-refractivity contribution is -0.132. The highest BCUT2D eigenvalue weighted by molar-refractivity contribution is 9.10. The zero-order valence-corrected chi connectivity index (χ0v) is 18.6. The molecule has 1 heterocycles. The van der Waals surface area contributed by atoms with Gasteiger partial charge in [0.15, 0.2) is 5.78 Å². The summed E-state index contributed by atoms with van der Waals surface area (Å²) in [5, 5.41) is 0. The van der Waals surface area contributed by atoms with Gasteiger partial charge in [-0.3, -0.25) is 9.59 Å². The minimum atomic E-state index is -3.69. The molecule has 3 rings (SSSR count). The summed E-state index contributed by atoms with van der Waals surface area (Å²) in [6, 6.07) is 13.9. The Morgan fingerprint density at radius 2 is 1.69 bits per heavy atom. The van der Waals surface area contributed by atoms with E-state index >= 15 is 0 Å². The van der Waals surface area contributed by atoms with E-state index in [-0.39, 0.29) is 29.7 Å². The summed E-state index contributed by atoms with van der Waals surface area (Å²) >= 11 is 3.49. The molecule has 0 aromatic heterocycles. The molecule has 2 aromatic rings. The van der Waals surface area contributed by atoms with Crippen LogP contribution in [0, 0.1) is 0 Å². The first-order chi connectivity index (χ1) is 13.8. The standard InChI is InChI=1S/C21H23BrN2O4S/c1-16(25)18-6-4-7-19(15-18)29(27,28)24-13-11-23(12-14-24)21(26)10-9-17-5-2-3-8-20(17)22/h2-8,15H,9-14H2,1H3. The van der Waals surface area contributed by atoms with Crippen LogP contribution in [0.5, 0.6) is 0 Å². The van der Waals surface area contributed by atoms with Crippen LogP contribution in [0.1, 0.15) is 29.3 Å². The molecule has 1 amide bonds. The summed E-state index contributed by atoms with van der Waals surface area (Å²) in [7, 11) is -3.69. The van der Waals surface area contributed by atoms with E-state index in [1.54, 1.807) is 17.0 Å². The zero-order chi connectivity index (χ0) is 21.0. The van der Waals surface area contributed by atoms with Gasteiger partial charge in [-0.1, -0.05) is 46.3 Å². The number of halogens is 1. The molecule has 0 aliphatic carbocycles. The van der Waals surface area contributed by atoms with Crippen molar-refractivity contribution in [1.82, 2.24) is 9.21 Å². The van der Waals surface area contributed by atoms with E-state index in [0.29, 0.717) is 31.5 Å². The SMILES string of the molecule is CC(=O)c1cccc(S(=O)(=O)N2CCN(C(=O)CCc3ccccc3Br)CC2)c1. The highest BCUT2D eigenvalue weighted by Gasteiger charge is 2.30. The summed E-state index contributed by atoms with van der Waals surface area (Å²) in [6.07, 6.45) is 1.02. The Labute approximate surface area is 179 Å². The van der Waals surface area contributed by atoms with E-state index in [9.17, 15) is 18.0 Å². The van der Waals surface area contributed by atoms with E-state index < -0.39 is 10.0 Å². The molecule has 0 saturated carbocycles. The van der Waals surface area contributed by atoms with Crippen molar-refractivity contribution in [2.24, 2.45) is 0 Å². The average Bonchev–Trinajstić information content (AvgIpc) is 2.73. The van der Waals surface area contributed by atoms with Crippen molar-refractivity contribution in [1.29, 1.82) is 0 Å². The monoisotopic (exact) mass is 478 g/mol. The maximum atomic E-state index is 12.9. The van der Waals surface area contributed by atoms with Gasteiger partial charge < -0.3 is 4.90 Å². The van der Waals surface area contributed by atoms with Crippen LogP contribution in [-0.4, -0.2) is 55.5 Å². The molecule has 1 aliphatic rings. The Kier molecular flexibility index (Phi) is 6.87. The molecular formula is C21H23BrN2O4S. The fourth-order valence-electron chi connectivity index (χ4n) is 3.30. The number of benzene rings is 2. The van der Waals surface area contributed by atoms with Crippen molar-refractivity contribution in [3.63, 3.8) is 0 Å². The molecule has 0 bridgehead atoms. The van der Waals surface area contributed by atoms with Crippen LogP contribution in [0.3, 0.4) is 0 Å². The quantitative estimate of drug-likeness (QED) is 0.597. The number of carbonyl (C=O) groups is 2. The molecule has 0 radical (unpaired) electrons. The van der Waals surface area contributed by atoms with Crippen molar-refractivity contribution in [2.75, 3.05) is 26.2 Å². The number of amides is 1. The second-order valence-electron chi connectivity index (χ2n) is 6.96. The lowest BCUT2D eigenvalue weighted by Crippen LogP contribution is -2.50. The number of sulfonamides is 1. The first kappa shape index (κ1) is 21.7. The fourth-order valence-corrected chi connectivity index (χ4v) is 5.25. The second-order valence-corrected chi connectivity index (χ2v) is 9.75. The van der Waals surface area contributed by atoms with Crippen LogP contribution in [0.4, 0.5) is 0 Å². The lowest BCUT2D eigenvalue weighted by atomic mass is 10.1. The predicted molar refractivity (Wildman–Crippen MR) is 114 cm³/mol. The van der Waals surface area contributed by atoms with Gasteiger partial charge in [-0.25, -0.2) is 8.42 Å². The summed E-state index contributed by atoms with van der Waals surface area (Å²) in [5.74, 6) is -0.154. The van der Waals surface area contributed by atoms with Crippen molar-refractivity contribution in [2.45, 2.75) is 24.7 Å². The topological polar surface area (TPSA) is 74.8 Å². The van der Waals surface area contributed by atoms with E-state index in [4.69, 9.17) is 0 Å². The van der Waals surface area contributed by atoms with E-state index in [0.717, 1.165) is 10.0 Å². The van der Waals surface area contributed by atoms with Crippen LogP contribution < -0.4 is 0 Å². The van der Waals surface area contributed by atoms with Crippen molar-refractivity contribution < 1.29 is 18.0 Å². The average molecular weight is 479 g/mol. The first-order valence-corrected chi connectivity index (χ1v) is 11.6. The summed E-state index contributed by atoms with van der Waals surface area (Å²) in [4.78, 5) is 25.9. The molecule has 29 heavy (non-hydrogen) atoms. The minimum absolute atomic E-state index is 0.0244. The van der Waals surface area contributed by atoms with Gasteiger partial charge in [0, 0.05) is 42.6 Å².